The Bertz CT molecular complexity index is 544. The second kappa shape index (κ2) is 5.93. The normalized spacial score (nSPS) is 17.9. The highest BCUT2D eigenvalue weighted by atomic mass is 32.2. The van der Waals surface area contributed by atoms with Crippen LogP contribution in [-0.2, 0) is 0 Å². The van der Waals surface area contributed by atoms with E-state index in [0.717, 1.165) is 16.5 Å². The summed E-state index contributed by atoms with van der Waals surface area (Å²) in [5.74, 6) is 1.01. The van der Waals surface area contributed by atoms with Crippen molar-refractivity contribution in [3.63, 3.8) is 0 Å². The van der Waals surface area contributed by atoms with Gasteiger partial charge in [0.25, 0.3) is 0 Å². The molecule has 1 saturated carbocycles. The van der Waals surface area contributed by atoms with Gasteiger partial charge in [-0.1, -0.05) is 31.0 Å². The lowest BCUT2D eigenvalue weighted by molar-refractivity contribution is 0.827. The molecule has 100 valence electrons. The molecule has 0 saturated heterocycles. The maximum absolute atomic E-state index is 6.39. The van der Waals surface area contributed by atoms with Crippen LogP contribution >= 0.6 is 11.8 Å². The standard InChI is InChI=1S/C16H20N2S/c17-15(11-19-12-5-1-2-6-12)13-7-3-9-16-14(13)8-4-10-18-16/h3-4,7-10,12,15H,1-2,5-6,11,17H2. The Morgan fingerprint density at radius 1 is 1.21 bits per heavy atom. The minimum absolute atomic E-state index is 0.110. The number of hydrogen-bond donors (Lipinski definition) is 1. The topological polar surface area (TPSA) is 38.9 Å². The fraction of sp³-hybridized carbons (Fsp3) is 0.438. The van der Waals surface area contributed by atoms with Crippen LogP contribution in [-0.4, -0.2) is 16.0 Å². The number of nitrogens with two attached hydrogens (primary N) is 1. The van der Waals surface area contributed by atoms with E-state index in [1.54, 1.807) is 0 Å². The molecule has 1 aromatic heterocycles. The Hall–Kier alpha value is -1.06. The van der Waals surface area contributed by atoms with Gasteiger partial charge in [-0.05, 0) is 30.5 Å². The summed E-state index contributed by atoms with van der Waals surface area (Å²) < 4.78 is 0. The van der Waals surface area contributed by atoms with Crippen molar-refractivity contribution >= 4 is 22.7 Å². The predicted octanol–water partition coefficient (Wildman–Crippen LogP) is 3.91. The lowest BCUT2D eigenvalue weighted by Crippen LogP contribution is -2.15. The van der Waals surface area contributed by atoms with Crippen molar-refractivity contribution in [1.29, 1.82) is 0 Å². The van der Waals surface area contributed by atoms with E-state index in [1.165, 1.54) is 36.6 Å². The maximum atomic E-state index is 6.39. The van der Waals surface area contributed by atoms with Gasteiger partial charge in [0.2, 0.25) is 0 Å². The van der Waals surface area contributed by atoms with Crippen LogP contribution in [0.4, 0.5) is 0 Å². The largest absolute Gasteiger partial charge is 0.323 e. The molecule has 1 atom stereocenters. The molecule has 1 aliphatic carbocycles. The van der Waals surface area contributed by atoms with Crippen LogP contribution in [0.2, 0.25) is 0 Å². The molecule has 0 amide bonds. The molecule has 1 unspecified atom stereocenters. The predicted molar refractivity (Wildman–Crippen MR) is 83.4 cm³/mol. The Balaban J connectivity index is 1.75. The molecule has 2 aromatic rings. The smallest absolute Gasteiger partial charge is 0.0705 e. The van der Waals surface area contributed by atoms with Gasteiger partial charge in [-0.2, -0.15) is 11.8 Å². The number of thioether (sulfide) groups is 1. The minimum Gasteiger partial charge on any atom is -0.323 e. The molecule has 19 heavy (non-hydrogen) atoms. The third kappa shape index (κ3) is 2.93. The Labute approximate surface area is 118 Å². The van der Waals surface area contributed by atoms with E-state index in [4.69, 9.17) is 5.73 Å². The quantitative estimate of drug-likeness (QED) is 0.917. The summed E-state index contributed by atoms with van der Waals surface area (Å²) in [5, 5.41) is 2.03. The van der Waals surface area contributed by atoms with Crippen LogP contribution in [0.15, 0.2) is 36.5 Å². The molecule has 0 aliphatic heterocycles. The molecule has 3 heteroatoms. The van der Waals surface area contributed by atoms with Gasteiger partial charge in [0.05, 0.1) is 5.52 Å². The van der Waals surface area contributed by atoms with Crippen molar-refractivity contribution in [3.8, 4) is 0 Å². The van der Waals surface area contributed by atoms with E-state index in [0.29, 0.717) is 0 Å². The molecule has 2 N–H and O–H groups in total. The third-order valence-electron chi connectivity index (χ3n) is 3.89. The highest BCUT2D eigenvalue weighted by Crippen LogP contribution is 2.32. The molecular weight excluding hydrogens is 252 g/mol. The summed E-state index contributed by atoms with van der Waals surface area (Å²) in [7, 11) is 0. The van der Waals surface area contributed by atoms with Crippen molar-refractivity contribution < 1.29 is 0 Å². The van der Waals surface area contributed by atoms with Crippen molar-refractivity contribution in [2.24, 2.45) is 5.73 Å². The molecule has 0 bridgehead atoms. The van der Waals surface area contributed by atoms with Gasteiger partial charge in [-0.15, -0.1) is 0 Å². The maximum Gasteiger partial charge on any atom is 0.0705 e. The van der Waals surface area contributed by atoms with Crippen LogP contribution in [0.3, 0.4) is 0 Å². The highest BCUT2D eigenvalue weighted by Gasteiger charge is 2.17. The first-order valence-electron chi connectivity index (χ1n) is 7.05. The van der Waals surface area contributed by atoms with Gasteiger partial charge in [0.15, 0.2) is 0 Å². The van der Waals surface area contributed by atoms with Gasteiger partial charge >= 0.3 is 0 Å². The van der Waals surface area contributed by atoms with E-state index in [9.17, 15) is 0 Å². The zero-order chi connectivity index (χ0) is 13.1. The number of fused-ring (bicyclic) bond motifs is 1. The lowest BCUT2D eigenvalue weighted by atomic mass is 10.0. The van der Waals surface area contributed by atoms with E-state index in [2.05, 4.69) is 41.0 Å². The molecule has 0 radical (unpaired) electrons. The van der Waals surface area contributed by atoms with Gasteiger partial charge in [0, 0.05) is 28.6 Å². The monoisotopic (exact) mass is 272 g/mol. The first kappa shape index (κ1) is 12.9. The van der Waals surface area contributed by atoms with Crippen molar-refractivity contribution in [2.45, 2.75) is 37.0 Å². The second-order valence-electron chi connectivity index (χ2n) is 5.26. The van der Waals surface area contributed by atoms with E-state index in [1.807, 2.05) is 12.3 Å². The number of benzene rings is 1. The third-order valence-corrected chi connectivity index (χ3v) is 5.39. The summed E-state index contributed by atoms with van der Waals surface area (Å²) in [4.78, 5) is 4.40. The zero-order valence-corrected chi connectivity index (χ0v) is 11.9. The van der Waals surface area contributed by atoms with Gasteiger partial charge in [-0.25, -0.2) is 0 Å². The zero-order valence-electron chi connectivity index (χ0n) is 11.1. The summed E-state index contributed by atoms with van der Waals surface area (Å²) in [6.07, 6.45) is 7.37. The molecule has 3 rings (SSSR count). The lowest BCUT2D eigenvalue weighted by Gasteiger charge is -2.16. The summed E-state index contributed by atoms with van der Waals surface area (Å²) in [6.45, 7) is 0. The van der Waals surface area contributed by atoms with Crippen LogP contribution in [0.1, 0.15) is 37.3 Å². The Kier molecular flexibility index (Phi) is 4.04. The van der Waals surface area contributed by atoms with Crippen LogP contribution in [0, 0.1) is 0 Å². The summed E-state index contributed by atoms with van der Waals surface area (Å²) in [6, 6.07) is 10.5. The molecule has 2 nitrogen and oxygen atoms in total. The van der Waals surface area contributed by atoms with E-state index >= 15 is 0 Å². The van der Waals surface area contributed by atoms with Crippen LogP contribution in [0.25, 0.3) is 10.9 Å². The first-order valence-corrected chi connectivity index (χ1v) is 8.10. The molecule has 1 heterocycles. The average Bonchev–Trinajstić information content (AvgIpc) is 2.97. The average molecular weight is 272 g/mol. The van der Waals surface area contributed by atoms with Crippen molar-refractivity contribution in [1.82, 2.24) is 4.98 Å². The number of pyridine rings is 1. The van der Waals surface area contributed by atoms with Crippen molar-refractivity contribution in [2.75, 3.05) is 5.75 Å². The molecule has 1 aromatic carbocycles. The first-order chi connectivity index (χ1) is 9.34. The fourth-order valence-corrected chi connectivity index (χ4v) is 4.16. The molecule has 1 fully saturated rings. The molecule has 1 aliphatic rings. The Morgan fingerprint density at radius 2 is 2.05 bits per heavy atom. The van der Waals surface area contributed by atoms with Gasteiger partial charge in [-0.3, -0.25) is 4.98 Å². The van der Waals surface area contributed by atoms with Gasteiger partial charge in [0.1, 0.15) is 0 Å². The summed E-state index contributed by atoms with van der Waals surface area (Å²) in [5.41, 5.74) is 8.67. The summed E-state index contributed by atoms with van der Waals surface area (Å²) >= 11 is 2.05. The van der Waals surface area contributed by atoms with E-state index in [-0.39, 0.29) is 6.04 Å². The highest BCUT2D eigenvalue weighted by molar-refractivity contribution is 7.99. The molecule has 0 spiro atoms. The fourth-order valence-electron chi connectivity index (χ4n) is 2.84. The van der Waals surface area contributed by atoms with E-state index < -0.39 is 0 Å². The van der Waals surface area contributed by atoms with Crippen LogP contribution in [0.5, 0.6) is 0 Å². The minimum atomic E-state index is 0.110. The van der Waals surface area contributed by atoms with Crippen LogP contribution < -0.4 is 5.73 Å². The SMILES string of the molecule is NC(CSC1CCCC1)c1cccc2ncccc12. The number of aromatic nitrogens is 1. The Morgan fingerprint density at radius 3 is 2.89 bits per heavy atom. The molecular formula is C16H20N2S. The second-order valence-corrected chi connectivity index (χ2v) is 6.60. The van der Waals surface area contributed by atoms with Gasteiger partial charge < -0.3 is 5.73 Å². The number of rotatable bonds is 4. The number of hydrogen-bond acceptors (Lipinski definition) is 3. The number of nitrogens with zero attached hydrogens (tertiary/aromatic N) is 1. The van der Waals surface area contributed by atoms with Crippen molar-refractivity contribution in [3.05, 3.63) is 42.1 Å².